The van der Waals surface area contributed by atoms with Crippen LogP contribution in [0.4, 0.5) is 0 Å². The number of rotatable bonds is 4. The molecule has 0 radical (unpaired) electrons. The summed E-state index contributed by atoms with van der Waals surface area (Å²) in [6.07, 6.45) is -7.39. The average molecular weight is 432 g/mol. The summed E-state index contributed by atoms with van der Waals surface area (Å²) < 4.78 is 11.0. The van der Waals surface area contributed by atoms with Gasteiger partial charge in [-0.05, 0) is 35.7 Å². The number of ether oxygens (including phenoxy) is 2. The number of hydrogen-bond acceptors (Lipinski definition) is 9. The van der Waals surface area contributed by atoms with Crippen LogP contribution in [0, 0.1) is 0 Å². The van der Waals surface area contributed by atoms with E-state index < -0.39 is 54.8 Å². The molecule has 0 spiro atoms. The van der Waals surface area contributed by atoms with E-state index in [1.54, 1.807) is 12.1 Å². The molecule has 0 unspecified atom stereocenters. The first-order valence-corrected chi connectivity index (χ1v) is 9.45. The zero-order valence-electron chi connectivity index (χ0n) is 16.0. The molecule has 1 saturated heterocycles. The number of ketones is 1. The van der Waals surface area contributed by atoms with Gasteiger partial charge in [0.05, 0.1) is 23.3 Å². The van der Waals surface area contributed by atoms with E-state index in [0.29, 0.717) is 11.1 Å². The number of carboxylic acids is 1. The van der Waals surface area contributed by atoms with Crippen LogP contribution in [-0.2, 0) is 11.2 Å². The average Bonchev–Trinajstić information content (AvgIpc) is 2.73. The van der Waals surface area contributed by atoms with Crippen LogP contribution in [0.2, 0.25) is 0 Å². The van der Waals surface area contributed by atoms with Crippen molar-refractivity contribution in [3.8, 4) is 11.5 Å². The van der Waals surface area contributed by atoms with E-state index in [1.165, 1.54) is 12.1 Å². The lowest BCUT2D eigenvalue weighted by Crippen LogP contribution is -2.60. The Labute approximate surface area is 175 Å². The van der Waals surface area contributed by atoms with Crippen molar-refractivity contribution in [2.45, 2.75) is 37.1 Å². The highest BCUT2D eigenvalue weighted by Gasteiger charge is 2.45. The van der Waals surface area contributed by atoms with Crippen LogP contribution in [0.15, 0.2) is 30.3 Å². The Kier molecular flexibility index (Phi) is 5.42. The molecular weight excluding hydrogens is 412 g/mol. The largest absolute Gasteiger partial charge is 0.507 e. The van der Waals surface area contributed by atoms with Gasteiger partial charge in [-0.25, -0.2) is 4.79 Å². The van der Waals surface area contributed by atoms with Crippen molar-refractivity contribution in [1.82, 2.24) is 0 Å². The zero-order chi connectivity index (χ0) is 22.4. The van der Waals surface area contributed by atoms with Gasteiger partial charge in [0.25, 0.3) is 0 Å². The third kappa shape index (κ3) is 3.54. The number of fused-ring (bicyclic) bond motifs is 2. The highest BCUT2D eigenvalue weighted by atomic mass is 16.7. The van der Waals surface area contributed by atoms with Gasteiger partial charge in [-0.3, -0.25) is 4.79 Å². The summed E-state index contributed by atoms with van der Waals surface area (Å²) >= 11 is 0. The molecule has 164 valence electrons. The van der Waals surface area contributed by atoms with E-state index in [4.69, 9.17) is 9.47 Å². The molecule has 2 aliphatic rings. The van der Waals surface area contributed by atoms with Crippen molar-refractivity contribution in [3.63, 3.8) is 0 Å². The predicted molar refractivity (Wildman–Crippen MR) is 102 cm³/mol. The zero-order valence-corrected chi connectivity index (χ0v) is 16.0. The Morgan fingerprint density at radius 3 is 2.48 bits per heavy atom. The highest BCUT2D eigenvalue weighted by Crippen LogP contribution is 2.38. The van der Waals surface area contributed by atoms with Crippen molar-refractivity contribution < 1.29 is 49.7 Å². The number of carbonyl (C=O) groups is 2. The number of carboxylic acid groups (broad SMARTS) is 1. The molecule has 4 rings (SSSR count). The summed E-state index contributed by atoms with van der Waals surface area (Å²) in [5, 5.41) is 58.9. The van der Waals surface area contributed by atoms with Crippen LogP contribution < -0.4 is 4.74 Å². The Hall–Kier alpha value is -3.02. The fraction of sp³-hybridized carbons (Fsp3) is 0.333. The molecule has 5 atom stereocenters. The summed E-state index contributed by atoms with van der Waals surface area (Å²) in [7, 11) is 0. The predicted octanol–water partition coefficient (Wildman–Crippen LogP) is -0.596. The number of phenolic OH excluding ortho intramolecular Hbond substituents is 1. The molecule has 6 N–H and O–H groups in total. The quantitative estimate of drug-likeness (QED) is 0.312. The van der Waals surface area contributed by atoms with Gasteiger partial charge in [0.2, 0.25) is 12.1 Å². The van der Waals surface area contributed by atoms with Crippen LogP contribution in [0.5, 0.6) is 11.5 Å². The van der Waals surface area contributed by atoms with Crippen molar-refractivity contribution in [2.75, 3.05) is 6.61 Å². The smallest absolute Gasteiger partial charge is 0.335 e. The molecule has 31 heavy (non-hydrogen) atoms. The van der Waals surface area contributed by atoms with Crippen molar-refractivity contribution in [3.05, 3.63) is 58.1 Å². The Bertz CT molecular complexity index is 1050. The number of aromatic hydroxyl groups is 1. The van der Waals surface area contributed by atoms with Gasteiger partial charge < -0.3 is 40.1 Å². The van der Waals surface area contributed by atoms with Gasteiger partial charge in [-0.15, -0.1) is 0 Å². The lowest BCUT2D eigenvalue weighted by molar-refractivity contribution is -0.277. The normalized spacial score (nSPS) is 27.4. The molecule has 0 amide bonds. The second-order valence-electron chi connectivity index (χ2n) is 7.45. The van der Waals surface area contributed by atoms with Gasteiger partial charge >= 0.3 is 5.97 Å². The first-order valence-electron chi connectivity index (χ1n) is 9.45. The Morgan fingerprint density at radius 1 is 1.06 bits per heavy atom. The maximum absolute atomic E-state index is 13.2. The summed E-state index contributed by atoms with van der Waals surface area (Å²) in [4.78, 5) is 24.4. The maximum Gasteiger partial charge on any atom is 0.335 e. The number of aliphatic hydroxyl groups excluding tert-OH is 4. The Balaban J connectivity index is 1.70. The summed E-state index contributed by atoms with van der Waals surface area (Å²) in [6.45, 7) is -0.635. The van der Waals surface area contributed by atoms with Crippen LogP contribution in [-0.4, -0.2) is 79.7 Å². The standard InChI is InChI=1S/C21H20O10/c22-7-13-16(24)18(26)19(27)21(31-13)30-12-3-1-2-8-4-9-5-10(20(28)29)6-11(23)14(9)17(25)15(8)12/h1-3,5-6,13,16,18-19,21-24,26-27H,4,7H2,(H,28,29)/t13-,16+,18+,19+,21-/m0/s1. The maximum atomic E-state index is 13.2. The molecule has 2 aromatic carbocycles. The molecule has 1 aliphatic carbocycles. The highest BCUT2D eigenvalue weighted by molar-refractivity contribution is 6.16. The summed E-state index contributed by atoms with van der Waals surface area (Å²) in [5.74, 6) is -2.32. The van der Waals surface area contributed by atoms with Crippen LogP contribution in [0.3, 0.4) is 0 Å². The molecule has 10 nitrogen and oxygen atoms in total. The molecule has 2 aromatic rings. The van der Waals surface area contributed by atoms with E-state index in [1.807, 2.05) is 0 Å². The fourth-order valence-corrected chi connectivity index (χ4v) is 3.91. The first-order chi connectivity index (χ1) is 14.7. The summed E-state index contributed by atoms with van der Waals surface area (Å²) in [5.41, 5.74) is 0.732. The number of benzene rings is 2. The second-order valence-corrected chi connectivity index (χ2v) is 7.45. The fourth-order valence-electron chi connectivity index (χ4n) is 3.91. The Morgan fingerprint density at radius 2 is 1.81 bits per heavy atom. The second kappa shape index (κ2) is 7.91. The van der Waals surface area contributed by atoms with Crippen LogP contribution >= 0.6 is 0 Å². The SMILES string of the molecule is O=C(O)c1cc(O)c2c(c1)Cc1cccc(O[C@H]3O[C@@H](CO)[C@@H](O)[C@@H](O)[C@H]3O)c1C2=O. The minimum atomic E-state index is -1.66. The monoisotopic (exact) mass is 432 g/mol. The molecule has 1 fully saturated rings. The van der Waals surface area contributed by atoms with Gasteiger partial charge in [0.1, 0.15) is 35.9 Å². The van der Waals surface area contributed by atoms with E-state index in [9.17, 15) is 40.2 Å². The van der Waals surface area contributed by atoms with E-state index >= 15 is 0 Å². The van der Waals surface area contributed by atoms with E-state index in [-0.39, 0.29) is 28.9 Å². The lowest BCUT2D eigenvalue weighted by Gasteiger charge is -2.39. The molecular formula is C21H20O10. The molecule has 0 aromatic heterocycles. The summed E-state index contributed by atoms with van der Waals surface area (Å²) in [6, 6.07) is 6.97. The van der Waals surface area contributed by atoms with Gasteiger partial charge in [-0.1, -0.05) is 12.1 Å². The lowest BCUT2D eigenvalue weighted by atomic mass is 9.83. The van der Waals surface area contributed by atoms with Crippen LogP contribution in [0.1, 0.15) is 37.4 Å². The number of aromatic carboxylic acids is 1. The first kappa shape index (κ1) is 21.2. The van der Waals surface area contributed by atoms with E-state index in [2.05, 4.69) is 0 Å². The third-order valence-electron chi connectivity index (χ3n) is 5.49. The topological polar surface area (TPSA) is 174 Å². The van der Waals surface area contributed by atoms with Crippen molar-refractivity contribution in [1.29, 1.82) is 0 Å². The molecule has 10 heteroatoms. The van der Waals surface area contributed by atoms with E-state index in [0.717, 1.165) is 6.07 Å². The number of hydrogen-bond donors (Lipinski definition) is 6. The minimum absolute atomic E-state index is 0.000749. The van der Waals surface area contributed by atoms with Gasteiger partial charge in [0, 0.05) is 0 Å². The third-order valence-corrected chi connectivity index (χ3v) is 5.49. The molecule has 1 aliphatic heterocycles. The van der Waals surface area contributed by atoms with Gasteiger partial charge in [0.15, 0.2) is 0 Å². The van der Waals surface area contributed by atoms with Crippen molar-refractivity contribution >= 4 is 11.8 Å². The molecule has 0 bridgehead atoms. The molecule has 0 saturated carbocycles. The van der Waals surface area contributed by atoms with Crippen molar-refractivity contribution in [2.24, 2.45) is 0 Å². The number of aliphatic hydroxyl groups is 4. The van der Waals surface area contributed by atoms with Crippen LogP contribution in [0.25, 0.3) is 0 Å². The minimum Gasteiger partial charge on any atom is -0.507 e. The number of carbonyl (C=O) groups excluding carboxylic acids is 1. The molecule has 1 heterocycles. The number of phenols is 1. The van der Waals surface area contributed by atoms with Gasteiger partial charge in [-0.2, -0.15) is 0 Å².